The van der Waals surface area contributed by atoms with E-state index in [4.69, 9.17) is 4.74 Å². The maximum Gasteiger partial charge on any atom is 0.295 e. The molecule has 7 heteroatoms. The molecule has 0 bridgehead atoms. The molecule has 150 valence electrons. The van der Waals surface area contributed by atoms with Crippen molar-refractivity contribution in [3.63, 3.8) is 0 Å². The van der Waals surface area contributed by atoms with Gasteiger partial charge in [-0.05, 0) is 12.1 Å². The van der Waals surface area contributed by atoms with Crippen molar-refractivity contribution in [1.82, 2.24) is 20.1 Å². The molecule has 1 saturated heterocycles. The zero-order chi connectivity index (χ0) is 20.5. The van der Waals surface area contributed by atoms with Gasteiger partial charge in [-0.3, -0.25) is 9.59 Å². The molecule has 3 heterocycles. The number of fused-ring (bicyclic) bond motifs is 2. The molecule has 2 aromatic heterocycles. The van der Waals surface area contributed by atoms with E-state index in [1.54, 1.807) is 17.3 Å². The Hall–Kier alpha value is -3.74. The summed E-state index contributed by atoms with van der Waals surface area (Å²) in [6, 6.07) is 15.3. The van der Waals surface area contributed by atoms with Gasteiger partial charge in [0.1, 0.15) is 6.10 Å². The summed E-state index contributed by atoms with van der Waals surface area (Å²) >= 11 is 0. The van der Waals surface area contributed by atoms with Crippen molar-refractivity contribution in [2.45, 2.75) is 18.9 Å². The first-order valence-electron chi connectivity index (χ1n) is 9.97. The molecular formula is C23H20N4O3. The van der Waals surface area contributed by atoms with Crippen molar-refractivity contribution < 1.29 is 14.3 Å². The maximum absolute atomic E-state index is 12.8. The number of rotatable bonds is 4. The number of aromatic nitrogens is 3. The fourth-order valence-corrected chi connectivity index (χ4v) is 3.94. The highest BCUT2D eigenvalue weighted by Gasteiger charge is 2.30. The van der Waals surface area contributed by atoms with Crippen LogP contribution in [0.1, 0.15) is 23.2 Å². The van der Waals surface area contributed by atoms with Crippen LogP contribution in [-0.2, 0) is 4.79 Å². The van der Waals surface area contributed by atoms with E-state index < -0.39 is 11.7 Å². The summed E-state index contributed by atoms with van der Waals surface area (Å²) in [5.41, 5.74) is 1.26. The van der Waals surface area contributed by atoms with E-state index in [0.717, 1.165) is 21.7 Å². The number of amides is 1. The van der Waals surface area contributed by atoms with Crippen molar-refractivity contribution in [3.05, 3.63) is 66.5 Å². The SMILES string of the molecule is O=C(C(=O)N1CCC(Oc2nncc3ccccc23)CC1)c1c[nH]c2ccccc12. The average molecular weight is 400 g/mol. The number of ether oxygens (including phenoxy) is 1. The second kappa shape index (κ2) is 7.59. The van der Waals surface area contributed by atoms with Crippen LogP contribution in [-0.4, -0.2) is 51.0 Å². The fourth-order valence-electron chi connectivity index (χ4n) is 3.94. The van der Waals surface area contributed by atoms with Crippen LogP contribution in [0.3, 0.4) is 0 Å². The first kappa shape index (κ1) is 18.3. The molecule has 30 heavy (non-hydrogen) atoms. The Morgan fingerprint density at radius 1 is 1.00 bits per heavy atom. The number of carbonyl (C=O) groups is 2. The van der Waals surface area contributed by atoms with Crippen molar-refractivity contribution >= 4 is 33.4 Å². The molecule has 7 nitrogen and oxygen atoms in total. The lowest BCUT2D eigenvalue weighted by molar-refractivity contribution is -0.128. The number of hydrogen-bond acceptors (Lipinski definition) is 5. The van der Waals surface area contributed by atoms with Crippen LogP contribution in [0.15, 0.2) is 60.9 Å². The lowest BCUT2D eigenvalue weighted by atomic mass is 10.0. The molecule has 5 rings (SSSR count). The van der Waals surface area contributed by atoms with Gasteiger partial charge in [0.2, 0.25) is 5.88 Å². The molecule has 1 aliphatic rings. The smallest absolute Gasteiger partial charge is 0.295 e. The fraction of sp³-hybridized carbons (Fsp3) is 0.217. The number of hydrogen-bond donors (Lipinski definition) is 1. The van der Waals surface area contributed by atoms with E-state index in [1.165, 1.54) is 0 Å². The maximum atomic E-state index is 12.8. The third-order valence-corrected chi connectivity index (χ3v) is 5.57. The second-order valence-electron chi connectivity index (χ2n) is 7.42. The molecule has 0 radical (unpaired) electrons. The minimum atomic E-state index is -0.480. The highest BCUT2D eigenvalue weighted by Crippen LogP contribution is 2.25. The number of likely N-dealkylation sites (tertiary alicyclic amines) is 1. The molecule has 1 amide bonds. The van der Waals surface area contributed by atoms with Crippen LogP contribution in [0.4, 0.5) is 0 Å². The number of benzene rings is 2. The van der Waals surface area contributed by atoms with E-state index >= 15 is 0 Å². The lowest BCUT2D eigenvalue weighted by Gasteiger charge is -2.31. The van der Waals surface area contributed by atoms with E-state index in [9.17, 15) is 9.59 Å². The van der Waals surface area contributed by atoms with Crippen molar-refractivity contribution in [2.75, 3.05) is 13.1 Å². The van der Waals surface area contributed by atoms with Gasteiger partial charge in [0.05, 0.1) is 11.8 Å². The van der Waals surface area contributed by atoms with Crippen LogP contribution >= 0.6 is 0 Å². The molecule has 1 aliphatic heterocycles. The molecular weight excluding hydrogens is 380 g/mol. The first-order valence-corrected chi connectivity index (χ1v) is 9.97. The number of piperidine rings is 1. The Kier molecular flexibility index (Phi) is 4.63. The zero-order valence-electron chi connectivity index (χ0n) is 16.2. The van der Waals surface area contributed by atoms with Gasteiger partial charge in [-0.1, -0.05) is 36.4 Å². The van der Waals surface area contributed by atoms with Gasteiger partial charge in [-0.15, -0.1) is 5.10 Å². The molecule has 0 saturated carbocycles. The summed E-state index contributed by atoms with van der Waals surface area (Å²) in [5, 5.41) is 10.8. The Morgan fingerprint density at radius 2 is 1.73 bits per heavy atom. The Morgan fingerprint density at radius 3 is 2.57 bits per heavy atom. The number of nitrogens with one attached hydrogen (secondary N) is 1. The number of aromatic amines is 1. The number of para-hydroxylation sites is 1. The van der Waals surface area contributed by atoms with Gasteiger partial charge in [-0.2, -0.15) is 5.10 Å². The molecule has 0 spiro atoms. The predicted molar refractivity (Wildman–Crippen MR) is 112 cm³/mol. The van der Waals surface area contributed by atoms with Crippen LogP contribution in [0, 0.1) is 0 Å². The summed E-state index contributed by atoms with van der Waals surface area (Å²) in [4.78, 5) is 30.2. The summed E-state index contributed by atoms with van der Waals surface area (Å²) in [7, 11) is 0. The third kappa shape index (κ3) is 3.28. The van der Waals surface area contributed by atoms with Crippen LogP contribution in [0.2, 0.25) is 0 Å². The van der Waals surface area contributed by atoms with E-state index in [2.05, 4.69) is 15.2 Å². The number of nitrogens with zero attached hydrogens (tertiary/aromatic N) is 3. The minimum Gasteiger partial charge on any atom is -0.473 e. The quantitative estimate of drug-likeness (QED) is 0.419. The highest BCUT2D eigenvalue weighted by atomic mass is 16.5. The van der Waals surface area contributed by atoms with Crippen molar-refractivity contribution in [2.24, 2.45) is 0 Å². The van der Waals surface area contributed by atoms with E-state index in [-0.39, 0.29) is 6.10 Å². The number of ketones is 1. The monoisotopic (exact) mass is 400 g/mol. The highest BCUT2D eigenvalue weighted by molar-refractivity contribution is 6.44. The van der Waals surface area contributed by atoms with Gasteiger partial charge in [0, 0.05) is 53.8 Å². The van der Waals surface area contributed by atoms with Crippen molar-refractivity contribution in [3.8, 4) is 5.88 Å². The number of H-pyrrole nitrogens is 1. The summed E-state index contributed by atoms with van der Waals surface area (Å²) in [6.45, 7) is 0.936. The van der Waals surface area contributed by atoms with E-state index in [1.807, 2.05) is 48.5 Å². The Labute approximate surface area is 172 Å². The average Bonchev–Trinajstić information content (AvgIpc) is 3.23. The van der Waals surface area contributed by atoms with Gasteiger partial charge in [-0.25, -0.2) is 0 Å². The Balaban J connectivity index is 1.25. The normalized spacial score (nSPS) is 14.9. The van der Waals surface area contributed by atoms with Crippen LogP contribution < -0.4 is 4.74 Å². The van der Waals surface area contributed by atoms with Crippen LogP contribution in [0.5, 0.6) is 5.88 Å². The van der Waals surface area contributed by atoms with E-state index in [0.29, 0.717) is 37.4 Å². The predicted octanol–water partition coefficient (Wildman–Crippen LogP) is 3.36. The first-order chi connectivity index (χ1) is 14.7. The summed E-state index contributed by atoms with van der Waals surface area (Å²) < 4.78 is 6.09. The topological polar surface area (TPSA) is 88.2 Å². The Bertz CT molecular complexity index is 1240. The summed E-state index contributed by atoms with van der Waals surface area (Å²) in [6.07, 6.45) is 4.52. The molecule has 1 fully saturated rings. The molecule has 0 unspecified atom stereocenters. The van der Waals surface area contributed by atoms with Crippen LogP contribution in [0.25, 0.3) is 21.7 Å². The molecule has 4 aromatic rings. The summed E-state index contributed by atoms with van der Waals surface area (Å²) in [5.74, 6) is -0.442. The molecule has 0 aliphatic carbocycles. The lowest BCUT2D eigenvalue weighted by Crippen LogP contribution is -2.44. The molecule has 0 atom stereocenters. The minimum absolute atomic E-state index is 0.0719. The second-order valence-corrected chi connectivity index (χ2v) is 7.42. The van der Waals surface area contributed by atoms with Gasteiger partial charge >= 0.3 is 0 Å². The van der Waals surface area contributed by atoms with Gasteiger partial charge in [0.25, 0.3) is 11.7 Å². The van der Waals surface area contributed by atoms with Gasteiger partial charge in [0.15, 0.2) is 0 Å². The largest absolute Gasteiger partial charge is 0.473 e. The number of Topliss-reactive ketones (excluding diaryl/α,β-unsaturated/α-hetero) is 1. The standard InChI is InChI=1S/C23H20N4O3/c28-21(19-14-24-20-8-4-3-7-18(19)20)23(29)27-11-9-16(10-12-27)30-22-17-6-2-1-5-15(17)13-25-26-22/h1-8,13-14,16,24H,9-12H2. The molecule has 2 aromatic carbocycles. The van der Waals surface area contributed by atoms with Gasteiger partial charge < -0.3 is 14.6 Å². The number of carbonyl (C=O) groups excluding carboxylic acids is 2. The van der Waals surface area contributed by atoms with Crippen molar-refractivity contribution in [1.29, 1.82) is 0 Å². The zero-order valence-corrected chi connectivity index (χ0v) is 16.2. The molecule has 1 N–H and O–H groups in total. The third-order valence-electron chi connectivity index (χ3n) is 5.57.